The Labute approximate surface area is 115 Å². The monoisotopic (exact) mass is 264 g/mol. The Bertz CT molecular complexity index is 376. The second kappa shape index (κ2) is 8.45. The number of amides is 1. The zero-order valence-electron chi connectivity index (χ0n) is 12.1. The molecule has 2 N–H and O–H groups in total. The summed E-state index contributed by atoms with van der Waals surface area (Å²) in [5.74, 6) is 0.895. The van der Waals surface area contributed by atoms with Gasteiger partial charge in [-0.15, -0.1) is 0 Å². The lowest BCUT2D eigenvalue weighted by Gasteiger charge is -2.08. The third-order valence-electron chi connectivity index (χ3n) is 2.65. The summed E-state index contributed by atoms with van der Waals surface area (Å²) < 4.78 is 0. The Morgan fingerprint density at radius 1 is 1.26 bits per heavy atom. The highest BCUT2D eigenvalue weighted by Gasteiger charge is 2.07. The van der Waals surface area contributed by atoms with Crippen LogP contribution in [0.5, 0.6) is 0 Å². The Morgan fingerprint density at radius 3 is 2.53 bits per heavy atom. The van der Waals surface area contributed by atoms with Crippen LogP contribution in [-0.4, -0.2) is 29.0 Å². The molecule has 1 rings (SSSR count). The molecule has 0 atom stereocenters. The number of hydrogen-bond donors (Lipinski definition) is 2. The first-order valence-electron chi connectivity index (χ1n) is 6.97. The van der Waals surface area contributed by atoms with Crippen molar-refractivity contribution in [2.24, 2.45) is 5.92 Å². The highest BCUT2D eigenvalue weighted by Crippen LogP contribution is 2.02. The minimum absolute atomic E-state index is 0.119. The number of rotatable bonds is 8. The Morgan fingerprint density at radius 2 is 1.95 bits per heavy atom. The molecule has 5 nitrogen and oxygen atoms in total. The molecular formula is C14H24N4O. The van der Waals surface area contributed by atoms with E-state index in [9.17, 15) is 4.79 Å². The predicted molar refractivity (Wildman–Crippen MR) is 77.2 cm³/mol. The van der Waals surface area contributed by atoms with E-state index in [4.69, 9.17) is 0 Å². The van der Waals surface area contributed by atoms with Crippen molar-refractivity contribution in [3.05, 3.63) is 18.0 Å². The van der Waals surface area contributed by atoms with Crippen LogP contribution in [0.2, 0.25) is 0 Å². The minimum atomic E-state index is -0.119. The number of carbonyl (C=O) groups is 1. The van der Waals surface area contributed by atoms with Crippen LogP contribution < -0.4 is 10.6 Å². The first kappa shape index (κ1) is 15.4. The molecule has 1 amide bonds. The fourth-order valence-corrected chi connectivity index (χ4v) is 1.51. The van der Waals surface area contributed by atoms with Gasteiger partial charge in [-0.05, 0) is 12.3 Å². The number of nitrogens with one attached hydrogen (secondary N) is 2. The van der Waals surface area contributed by atoms with E-state index in [1.54, 1.807) is 12.4 Å². The Kier molecular flexibility index (Phi) is 6.85. The molecule has 0 radical (unpaired) electrons. The summed E-state index contributed by atoms with van der Waals surface area (Å²) in [5, 5.41) is 5.98. The summed E-state index contributed by atoms with van der Waals surface area (Å²) in [6, 6.07) is 0. The van der Waals surface area contributed by atoms with E-state index in [1.807, 2.05) is 0 Å². The molecular weight excluding hydrogens is 240 g/mol. The maximum atomic E-state index is 11.7. The molecule has 0 fully saturated rings. The topological polar surface area (TPSA) is 66.9 Å². The van der Waals surface area contributed by atoms with Crippen molar-refractivity contribution in [1.29, 1.82) is 0 Å². The van der Waals surface area contributed by atoms with Crippen LogP contribution in [0.4, 0.5) is 5.95 Å². The molecule has 0 aliphatic carbocycles. The summed E-state index contributed by atoms with van der Waals surface area (Å²) in [6.07, 6.45) is 6.62. The molecule has 0 saturated carbocycles. The van der Waals surface area contributed by atoms with Crippen LogP contribution in [0.3, 0.4) is 0 Å². The van der Waals surface area contributed by atoms with Crippen LogP contribution in [0, 0.1) is 5.92 Å². The van der Waals surface area contributed by atoms with Crippen molar-refractivity contribution in [3.8, 4) is 0 Å². The van der Waals surface area contributed by atoms with E-state index >= 15 is 0 Å². The highest BCUT2D eigenvalue weighted by molar-refractivity contribution is 5.93. The van der Waals surface area contributed by atoms with Gasteiger partial charge in [-0.2, -0.15) is 0 Å². The molecule has 0 spiro atoms. The fraction of sp³-hybridized carbons (Fsp3) is 0.643. The quantitative estimate of drug-likeness (QED) is 0.708. The largest absolute Gasteiger partial charge is 0.354 e. The number of aromatic nitrogens is 2. The van der Waals surface area contributed by atoms with Crippen LogP contribution in [0.15, 0.2) is 12.4 Å². The lowest BCUT2D eigenvalue weighted by atomic mass is 10.2. The number of unbranched alkanes of at least 4 members (excludes halogenated alkanes) is 2. The molecule has 0 aromatic carbocycles. The van der Waals surface area contributed by atoms with E-state index in [2.05, 4.69) is 41.4 Å². The summed E-state index contributed by atoms with van der Waals surface area (Å²) >= 11 is 0. The van der Waals surface area contributed by atoms with Gasteiger partial charge in [-0.25, -0.2) is 9.97 Å². The maximum absolute atomic E-state index is 11.7. The molecule has 1 heterocycles. The van der Waals surface area contributed by atoms with Gasteiger partial charge in [0.05, 0.1) is 5.56 Å². The average Bonchev–Trinajstić information content (AvgIpc) is 2.41. The van der Waals surface area contributed by atoms with Gasteiger partial charge >= 0.3 is 0 Å². The van der Waals surface area contributed by atoms with E-state index in [-0.39, 0.29) is 5.91 Å². The summed E-state index contributed by atoms with van der Waals surface area (Å²) in [5.41, 5.74) is 0.500. The average molecular weight is 264 g/mol. The third-order valence-corrected chi connectivity index (χ3v) is 2.65. The molecule has 1 aromatic rings. The van der Waals surface area contributed by atoms with Gasteiger partial charge < -0.3 is 10.6 Å². The highest BCUT2D eigenvalue weighted by atomic mass is 16.1. The standard InChI is InChI=1S/C14H24N4O/c1-4-5-6-7-15-14-17-9-12(10-18-14)13(19)16-8-11(2)3/h9-11H,4-8H2,1-3H3,(H,16,19)(H,15,17,18). The van der Waals surface area contributed by atoms with E-state index in [0.29, 0.717) is 24.0 Å². The Balaban J connectivity index is 2.40. The van der Waals surface area contributed by atoms with Crippen LogP contribution in [0.1, 0.15) is 50.4 Å². The van der Waals surface area contributed by atoms with Crippen LogP contribution >= 0.6 is 0 Å². The second-order valence-corrected chi connectivity index (χ2v) is 5.03. The molecule has 0 saturated heterocycles. The lowest BCUT2D eigenvalue weighted by Crippen LogP contribution is -2.27. The van der Waals surface area contributed by atoms with Gasteiger partial charge in [0, 0.05) is 25.5 Å². The van der Waals surface area contributed by atoms with Crippen molar-refractivity contribution in [3.63, 3.8) is 0 Å². The van der Waals surface area contributed by atoms with Gasteiger partial charge in [0.15, 0.2) is 0 Å². The lowest BCUT2D eigenvalue weighted by molar-refractivity contribution is 0.0948. The normalized spacial score (nSPS) is 10.5. The van der Waals surface area contributed by atoms with Crippen molar-refractivity contribution in [1.82, 2.24) is 15.3 Å². The van der Waals surface area contributed by atoms with Crippen molar-refractivity contribution < 1.29 is 4.79 Å². The van der Waals surface area contributed by atoms with E-state index < -0.39 is 0 Å². The second-order valence-electron chi connectivity index (χ2n) is 5.03. The van der Waals surface area contributed by atoms with Gasteiger partial charge in [-0.1, -0.05) is 33.6 Å². The zero-order chi connectivity index (χ0) is 14.1. The number of nitrogens with zero attached hydrogens (tertiary/aromatic N) is 2. The molecule has 0 bridgehead atoms. The van der Waals surface area contributed by atoms with Gasteiger partial charge in [-0.3, -0.25) is 4.79 Å². The Hall–Kier alpha value is -1.65. The van der Waals surface area contributed by atoms with Crippen molar-refractivity contribution in [2.45, 2.75) is 40.0 Å². The summed E-state index contributed by atoms with van der Waals surface area (Å²) in [4.78, 5) is 20.0. The fourth-order valence-electron chi connectivity index (χ4n) is 1.51. The minimum Gasteiger partial charge on any atom is -0.354 e. The van der Waals surface area contributed by atoms with Gasteiger partial charge in [0.2, 0.25) is 5.95 Å². The molecule has 0 aliphatic rings. The van der Waals surface area contributed by atoms with E-state index in [1.165, 1.54) is 12.8 Å². The molecule has 0 unspecified atom stereocenters. The smallest absolute Gasteiger partial charge is 0.254 e. The third kappa shape index (κ3) is 6.18. The summed E-state index contributed by atoms with van der Waals surface area (Å²) in [7, 11) is 0. The molecule has 5 heteroatoms. The molecule has 19 heavy (non-hydrogen) atoms. The zero-order valence-corrected chi connectivity index (χ0v) is 12.1. The van der Waals surface area contributed by atoms with Gasteiger partial charge in [0.1, 0.15) is 0 Å². The molecule has 0 aliphatic heterocycles. The number of anilines is 1. The molecule has 106 valence electrons. The number of carbonyl (C=O) groups excluding carboxylic acids is 1. The van der Waals surface area contributed by atoms with Crippen molar-refractivity contribution >= 4 is 11.9 Å². The first-order valence-corrected chi connectivity index (χ1v) is 6.97. The van der Waals surface area contributed by atoms with Gasteiger partial charge in [0.25, 0.3) is 5.91 Å². The maximum Gasteiger partial charge on any atom is 0.254 e. The molecule has 1 aromatic heterocycles. The SMILES string of the molecule is CCCCCNc1ncc(C(=O)NCC(C)C)cn1. The number of hydrogen-bond acceptors (Lipinski definition) is 4. The predicted octanol–water partition coefficient (Wildman–Crippen LogP) is 2.46. The van der Waals surface area contributed by atoms with E-state index in [0.717, 1.165) is 13.0 Å². The van der Waals surface area contributed by atoms with Crippen LogP contribution in [0.25, 0.3) is 0 Å². The van der Waals surface area contributed by atoms with Crippen LogP contribution in [-0.2, 0) is 0 Å². The van der Waals surface area contributed by atoms with Crippen molar-refractivity contribution in [2.75, 3.05) is 18.4 Å². The first-order chi connectivity index (χ1) is 9.13. The summed E-state index contributed by atoms with van der Waals surface area (Å²) in [6.45, 7) is 7.81.